The fraction of sp³-hybridized carbons (Fsp3) is 0.714. The number of rotatable bonds is 3. The molecule has 0 amide bonds. The molecule has 0 fully saturated rings. The summed E-state index contributed by atoms with van der Waals surface area (Å²) in [6, 6.07) is 0.323. The van der Waals surface area contributed by atoms with E-state index in [1.54, 1.807) is 0 Å². The minimum Gasteiger partial charge on any atom is -0.268 e. The van der Waals surface area contributed by atoms with Crippen molar-refractivity contribution in [1.82, 2.24) is 5.43 Å². The molecule has 0 heterocycles. The monoisotopic (exact) mass is 141 g/mol. The van der Waals surface area contributed by atoms with Gasteiger partial charge in [0.2, 0.25) is 0 Å². The molecular formula is C7H15N3. The molecule has 0 aliphatic rings. The summed E-state index contributed by atoms with van der Waals surface area (Å²) < 4.78 is 0. The van der Waals surface area contributed by atoms with Gasteiger partial charge in [-0.15, -0.1) is 0 Å². The van der Waals surface area contributed by atoms with Crippen molar-refractivity contribution in [3.8, 4) is 0 Å². The number of hydrogen-bond acceptors (Lipinski definition) is 2. The maximum absolute atomic E-state index is 4.26. The van der Waals surface area contributed by atoms with E-state index < -0.39 is 0 Å². The highest BCUT2D eigenvalue weighted by atomic mass is 15.3. The number of aliphatic imine (C=N–C) groups is 1. The third-order valence-corrected chi connectivity index (χ3v) is 0.957. The summed E-state index contributed by atoms with van der Waals surface area (Å²) in [5.41, 5.74) is 2.73. The first-order chi connectivity index (χ1) is 4.70. The smallest absolute Gasteiger partial charge is 0.117 e. The van der Waals surface area contributed by atoms with E-state index in [-0.39, 0.29) is 0 Å². The molecular weight excluding hydrogens is 126 g/mol. The Morgan fingerprint density at radius 3 is 2.50 bits per heavy atom. The van der Waals surface area contributed by atoms with Gasteiger partial charge in [-0.3, -0.25) is 10.4 Å². The van der Waals surface area contributed by atoms with Crippen molar-refractivity contribution in [3.63, 3.8) is 0 Å². The highest BCUT2D eigenvalue weighted by Gasteiger charge is 1.93. The molecule has 0 bridgehead atoms. The standard InChI is InChI=1S/C7H15N3/c1-5-7(10-8-4)9-6(2)3/h6H,4-5H2,1-3H3,(H,9,10). The van der Waals surface area contributed by atoms with Crippen LogP contribution in [0.5, 0.6) is 0 Å². The van der Waals surface area contributed by atoms with Gasteiger partial charge < -0.3 is 0 Å². The summed E-state index contributed by atoms with van der Waals surface area (Å²) in [5, 5.41) is 3.53. The molecule has 1 N–H and O–H groups in total. The van der Waals surface area contributed by atoms with Gasteiger partial charge in [-0.05, 0) is 13.8 Å². The van der Waals surface area contributed by atoms with E-state index in [9.17, 15) is 0 Å². The van der Waals surface area contributed by atoms with Gasteiger partial charge in [0, 0.05) is 19.2 Å². The number of hydrogen-bond donors (Lipinski definition) is 1. The maximum Gasteiger partial charge on any atom is 0.117 e. The molecule has 0 spiro atoms. The third kappa shape index (κ3) is 4.06. The van der Waals surface area contributed by atoms with Crippen LogP contribution in [0, 0.1) is 0 Å². The minimum atomic E-state index is 0.323. The zero-order chi connectivity index (χ0) is 7.98. The van der Waals surface area contributed by atoms with Gasteiger partial charge in [0.05, 0.1) is 0 Å². The molecule has 3 nitrogen and oxygen atoms in total. The Morgan fingerprint density at radius 1 is 1.60 bits per heavy atom. The SMILES string of the molecule is C=NNC(CC)=NC(C)C. The Morgan fingerprint density at radius 2 is 2.20 bits per heavy atom. The quantitative estimate of drug-likeness (QED) is 0.360. The first kappa shape index (κ1) is 9.14. The van der Waals surface area contributed by atoms with Crippen LogP contribution in [0.1, 0.15) is 27.2 Å². The predicted molar refractivity (Wildman–Crippen MR) is 45.5 cm³/mol. The zero-order valence-corrected chi connectivity index (χ0v) is 6.89. The van der Waals surface area contributed by atoms with Crippen molar-refractivity contribution < 1.29 is 0 Å². The molecule has 0 aromatic carbocycles. The van der Waals surface area contributed by atoms with Crippen LogP contribution in [-0.2, 0) is 0 Å². The van der Waals surface area contributed by atoms with Crippen molar-refractivity contribution in [3.05, 3.63) is 0 Å². The van der Waals surface area contributed by atoms with E-state index in [1.807, 2.05) is 20.8 Å². The number of nitrogens with one attached hydrogen (secondary N) is 1. The summed E-state index contributed by atoms with van der Waals surface area (Å²) in [4.78, 5) is 4.26. The molecule has 0 saturated carbocycles. The normalized spacial score (nSPS) is 11.8. The van der Waals surface area contributed by atoms with Gasteiger partial charge in [-0.25, -0.2) is 0 Å². The van der Waals surface area contributed by atoms with Crippen molar-refractivity contribution in [2.75, 3.05) is 0 Å². The molecule has 0 rings (SSSR count). The topological polar surface area (TPSA) is 36.8 Å². The third-order valence-electron chi connectivity index (χ3n) is 0.957. The Labute approximate surface area is 62.2 Å². The molecule has 3 heteroatoms. The van der Waals surface area contributed by atoms with Crippen LogP contribution in [0.15, 0.2) is 10.1 Å². The second kappa shape index (κ2) is 4.97. The minimum absolute atomic E-state index is 0.323. The van der Waals surface area contributed by atoms with E-state index >= 15 is 0 Å². The largest absolute Gasteiger partial charge is 0.268 e. The first-order valence-electron chi connectivity index (χ1n) is 3.49. The van der Waals surface area contributed by atoms with Gasteiger partial charge >= 0.3 is 0 Å². The highest BCUT2D eigenvalue weighted by Crippen LogP contribution is 1.89. The van der Waals surface area contributed by atoms with Crippen LogP contribution in [0.2, 0.25) is 0 Å². The Hall–Kier alpha value is -0.860. The van der Waals surface area contributed by atoms with Gasteiger partial charge in [0.1, 0.15) is 5.84 Å². The van der Waals surface area contributed by atoms with Crippen LogP contribution in [-0.4, -0.2) is 18.6 Å². The maximum atomic E-state index is 4.26. The average Bonchev–Trinajstić information content (AvgIpc) is 1.86. The Bertz CT molecular complexity index is 127. The van der Waals surface area contributed by atoms with Crippen molar-refractivity contribution in [1.29, 1.82) is 0 Å². The molecule has 58 valence electrons. The lowest BCUT2D eigenvalue weighted by Gasteiger charge is -2.03. The molecule has 0 aromatic heterocycles. The summed E-state index contributed by atoms with van der Waals surface area (Å²) >= 11 is 0. The van der Waals surface area contributed by atoms with Gasteiger partial charge in [-0.2, -0.15) is 5.10 Å². The van der Waals surface area contributed by atoms with Gasteiger partial charge in [-0.1, -0.05) is 6.92 Å². The molecule has 0 aromatic rings. The lowest BCUT2D eigenvalue weighted by atomic mass is 10.4. The van der Waals surface area contributed by atoms with E-state index in [2.05, 4.69) is 22.2 Å². The number of hydrazone groups is 1. The van der Waals surface area contributed by atoms with Crippen molar-refractivity contribution >= 4 is 12.6 Å². The summed E-state index contributed by atoms with van der Waals surface area (Å²) in [6.45, 7) is 9.40. The van der Waals surface area contributed by atoms with Crippen LogP contribution in [0.25, 0.3) is 0 Å². The molecule has 0 unspecified atom stereocenters. The Balaban J connectivity index is 3.90. The second-order valence-electron chi connectivity index (χ2n) is 2.29. The molecule has 10 heavy (non-hydrogen) atoms. The van der Waals surface area contributed by atoms with E-state index in [4.69, 9.17) is 0 Å². The van der Waals surface area contributed by atoms with Crippen molar-refractivity contribution in [2.24, 2.45) is 10.1 Å². The fourth-order valence-corrected chi connectivity index (χ4v) is 0.602. The summed E-state index contributed by atoms with van der Waals surface area (Å²) in [6.07, 6.45) is 0.872. The zero-order valence-electron chi connectivity index (χ0n) is 6.89. The van der Waals surface area contributed by atoms with Gasteiger partial charge in [0.25, 0.3) is 0 Å². The van der Waals surface area contributed by atoms with E-state index in [1.165, 1.54) is 0 Å². The van der Waals surface area contributed by atoms with Crippen LogP contribution >= 0.6 is 0 Å². The van der Waals surface area contributed by atoms with Crippen LogP contribution in [0.4, 0.5) is 0 Å². The van der Waals surface area contributed by atoms with Crippen LogP contribution < -0.4 is 5.43 Å². The summed E-state index contributed by atoms with van der Waals surface area (Å²) in [7, 11) is 0. The van der Waals surface area contributed by atoms with E-state index in [0.29, 0.717) is 6.04 Å². The second-order valence-corrected chi connectivity index (χ2v) is 2.29. The molecule has 0 aliphatic carbocycles. The Kier molecular flexibility index (Phi) is 4.54. The average molecular weight is 141 g/mol. The molecule has 0 radical (unpaired) electrons. The lowest BCUT2D eigenvalue weighted by Crippen LogP contribution is -2.17. The van der Waals surface area contributed by atoms with E-state index in [0.717, 1.165) is 12.3 Å². The fourth-order valence-electron chi connectivity index (χ4n) is 0.602. The first-order valence-corrected chi connectivity index (χ1v) is 3.49. The molecule has 0 atom stereocenters. The number of nitrogens with zero attached hydrogens (tertiary/aromatic N) is 2. The predicted octanol–water partition coefficient (Wildman–Crippen LogP) is 1.41. The molecule has 0 saturated heterocycles. The van der Waals surface area contributed by atoms with Gasteiger partial charge in [0.15, 0.2) is 0 Å². The molecule has 0 aliphatic heterocycles. The van der Waals surface area contributed by atoms with Crippen LogP contribution in [0.3, 0.4) is 0 Å². The number of amidine groups is 1. The summed E-state index contributed by atoms with van der Waals surface area (Å²) in [5.74, 6) is 0.894. The highest BCUT2D eigenvalue weighted by molar-refractivity contribution is 5.81. The lowest BCUT2D eigenvalue weighted by molar-refractivity contribution is 0.810. The van der Waals surface area contributed by atoms with Crippen molar-refractivity contribution in [2.45, 2.75) is 33.2 Å².